The summed E-state index contributed by atoms with van der Waals surface area (Å²) in [6.07, 6.45) is 12.5. The third-order valence-corrected chi connectivity index (χ3v) is 13.6. The van der Waals surface area contributed by atoms with Gasteiger partial charge in [0.25, 0.3) is 0 Å². The predicted molar refractivity (Wildman–Crippen MR) is 272 cm³/mol. The van der Waals surface area contributed by atoms with Crippen molar-refractivity contribution < 1.29 is 89.4 Å². The molecule has 19 nitrogen and oxygen atoms in total. The Balaban J connectivity index is 1.56. The van der Waals surface area contributed by atoms with E-state index in [1.54, 1.807) is 6.08 Å². The fourth-order valence-electron chi connectivity index (χ4n) is 8.98. The maximum absolute atomic E-state index is 13.2. The number of hydrogen-bond donors (Lipinski definition) is 12. The molecule has 1 amide bonds. The van der Waals surface area contributed by atoms with E-state index in [9.17, 15) is 61.0 Å². The van der Waals surface area contributed by atoms with Gasteiger partial charge in [-0.05, 0) is 70.6 Å². The third-order valence-electron chi connectivity index (χ3n) is 13.6. The van der Waals surface area contributed by atoms with E-state index < -0.39 is 124 Å². The molecule has 3 saturated heterocycles. The van der Waals surface area contributed by atoms with Gasteiger partial charge in [0.2, 0.25) is 5.91 Å². The predicted octanol–water partition coefficient (Wildman–Crippen LogP) is 3.14. The monoisotopic (exact) mass is 1050 g/mol. The van der Waals surface area contributed by atoms with Gasteiger partial charge in [0.1, 0.15) is 73.2 Å². The van der Waals surface area contributed by atoms with Gasteiger partial charge in [-0.2, -0.15) is 0 Å². The summed E-state index contributed by atoms with van der Waals surface area (Å²) in [5.74, 6) is -0.303. The van der Waals surface area contributed by atoms with Crippen LogP contribution in [0.2, 0.25) is 0 Å². The fraction of sp³-hybridized carbons (Fsp3) is 0.833. The Kier molecular flexibility index (Phi) is 34.1. The number of hydrogen-bond acceptors (Lipinski definition) is 18. The Labute approximate surface area is 433 Å². The van der Waals surface area contributed by atoms with Gasteiger partial charge in [-0.1, -0.05) is 127 Å². The highest BCUT2D eigenvalue weighted by Crippen LogP contribution is 2.33. The molecule has 19 heteroatoms. The molecule has 73 heavy (non-hydrogen) atoms. The van der Waals surface area contributed by atoms with Crippen LogP contribution in [0.5, 0.6) is 0 Å². The Bertz CT molecular complexity index is 1530. The first kappa shape index (κ1) is 65.0. The molecule has 0 aliphatic carbocycles. The van der Waals surface area contributed by atoms with Crippen LogP contribution in [0.1, 0.15) is 155 Å². The van der Waals surface area contributed by atoms with Gasteiger partial charge >= 0.3 is 0 Å². The Morgan fingerprint density at radius 2 is 0.877 bits per heavy atom. The third kappa shape index (κ3) is 23.5. The number of aliphatic hydroxyl groups excluding tert-OH is 11. The van der Waals surface area contributed by atoms with E-state index in [1.165, 1.54) is 57.8 Å². The highest BCUT2D eigenvalue weighted by molar-refractivity contribution is 5.76. The second-order valence-electron chi connectivity index (χ2n) is 19.7. The molecule has 17 atom stereocenters. The van der Waals surface area contributed by atoms with Crippen LogP contribution in [0.25, 0.3) is 0 Å². The number of rotatable bonds is 38. The number of carbonyl (C=O) groups excluding carboxylic acids is 1. The number of amides is 1. The van der Waals surface area contributed by atoms with Crippen LogP contribution < -0.4 is 5.32 Å². The molecule has 0 bridgehead atoms. The second kappa shape index (κ2) is 38.3. The molecule has 3 fully saturated rings. The quantitative estimate of drug-likeness (QED) is 0.0312. The molecular weight excluding hydrogens is 951 g/mol. The highest BCUT2D eigenvalue weighted by atomic mass is 16.8. The topological polar surface area (TPSA) is 307 Å². The van der Waals surface area contributed by atoms with Crippen molar-refractivity contribution in [1.29, 1.82) is 0 Å². The van der Waals surface area contributed by atoms with Gasteiger partial charge < -0.3 is 89.9 Å². The summed E-state index contributed by atoms with van der Waals surface area (Å²) in [4.78, 5) is 13.2. The van der Waals surface area contributed by atoms with Crippen LogP contribution in [0, 0.1) is 0 Å². The zero-order valence-electron chi connectivity index (χ0n) is 43.6. The van der Waals surface area contributed by atoms with Crippen molar-refractivity contribution in [3.63, 3.8) is 0 Å². The average Bonchev–Trinajstić information content (AvgIpc) is 3.39. The molecule has 3 aliphatic rings. The van der Waals surface area contributed by atoms with E-state index in [0.29, 0.717) is 12.8 Å². The fourth-order valence-corrected chi connectivity index (χ4v) is 8.98. The molecule has 0 saturated carbocycles. The first-order valence-corrected chi connectivity index (χ1v) is 27.4. The summed E-state index contributed by atoms with van der Waals surface area (Å²) in [6, 6.07) is -0.998. The van der Waals surface area contributed by atoms with Gasteiger partial charge in [-0.15, -0.1) is 0 Å². The summed E-state index contributed by atoms with van der Waals surface area (Å²) in [6.45, 7) is 1.61. The largest absolute Gasteiger partial charge is 0.394 e. The molecule has 3 rings (SSSR count). The highest BCUT2D eigenvalue weighted by Gasteiger charge is 2.53. The number of aliphatic hydroxyl groups is 11. The van der Waals surface area contributed by atoms with Crippen LogP contribution in [0.15, 0.2) is 48.6 Å². The van der Waals surface area contributed by atoms with Crippen molar-refractivity contribution in [2.45, 2.75) is 259 Å². The lowest BCUT2D eigenvalue weighted by Gasteiger charge is -2.48. The van der Waals surface area contributed by atoms with Crippen LogP contribution in [0.3, 0.4) is 0 Å². The molecule has 0 aromatic carbocycles. The maximum Gasteiger partial charge on any atom is 0.220 e. The van der Waals surface area contributed by atoms with E-state index in [4.69, 9.17) is 28.4 Å². The molecule has 0 radical (unpaired) electrons. The second-order valence-corrected chi connectivity index (χ2v) is 19.7. The minimum absolute atomic E-state index is 0.220. The van der Waals surface area contributed by atoms with Gasteiger partial charge in [0.05, 0.1) is 38.6 Å². The zero-order valence-corrected chi connectivity index (χ0v) is 43.6. The van der Waals surface area contributed by atoms with E-state index >= 15 is 0 Å². The Morgan fingerprint density at radius 1 is 0.479 bits per heavy atom. The normalized spacial score (nSPS) is 32.1. The molecule has 0 spiro atoms. The number of nitrogens with one attached hydrogen (secondary N) is 1. The minimum atomic E-state index is -1.98. The van der Waals surface area contributed by atoms with E-state index in [2.05, 4.69) is 55.6 Å². The standard InChI is InChI=1S/C54H95NO18/c1-3-5-7-9-11-13-15-17-18-20-22-24-26-28-30-32-42(60)55-37(38(59)31-29-27-25-23-21-19-16-14-12-10-8-6-4-2)36-68-52-48(66)45(63)50(40(34-57)70-52)73-54-49(67)46(64)51(41(35-58)71-54)72-53-47(65)44(62)43(61)39(33-56)69-53/h12,14,17-18,21,23,29,31,37-41,43-54,56-59,61-67H,3-11,13,15-16,19-20,22,24-28,30,32-36H2,1-2H3,(H,55,60)/b14-12+,18-17-,23-21+,31-29+. The van der Waals surface area contributed by atoms with Crippen LogP contribution in [0.4, 0.5) is 0 Å². The smallest absolute Gasteiger partial charge is 0.220 e. The summed E-state index contributed by atoms with van der Waals surface area (Å²) >= 11 is 0. The van der Waals surface area contributed by atoms with E-state index in [1.807, 2.05) is 6.08 Å². The molecule has 3 heterocycles. The van der Waals surface area contributed by atoms with E-state index in [0.717, 1.165) is 64.2 Å². The zero-order chi connectivity index (χ0) is 53.4. The molecule has 3 aliphatic heterocycles. The first-order valence-electron chi connectivity index (χ1n) is 27.4. The summed E-state index contributed by atoms with van der Waals surface area (Å²) in [7, 11) is 0. The SMILES string of the molecule is CCCCC/C=C/CC/C=C/CC/C=C/C(O)C(COC1OC(CO)C(OC2OC(CO)C(OC3OC(CO)C(O)C(O)C3O)C(O)C2O)C(O)C1O)NC(=O)CCCCCCC/C=C\CCCCCCCC. The summed E-state index contributed by atoms with van der Waals surface area (Å²) in [5.41, 5.74) is 0. The van der Waals surface area contributed by atoms with Crippen molar-refractivity contribution >= 4 is 5.91 Å². The maximum atomic E-state index is 13.2. The molecule has 12 N–H and O–H groups in total. The average molecular weight is 1050 g/mol. The number of ether oxygens (including phenoxy) is 6. The molecule has 424 valence electrons. The minimum Gasteiger partial charge on any atom is -0.394 e. The van der Waals surface area contributed by atoms with Crippen molar-refractivity contribution in [2.75, 3.05) is 26.4 Å². The van der Waals surface area contributed by atoms with Crippen molar-refractivity contribution in [3.8, 4) is 0 Å². The lowest BCUT2D eigenvalue weighted by Crippen LogP contribution is -2.66. The molecule has 17 unspecified atom stereocenters. The Hall–Kier alpha value is -2.25. The molecule has 0 aromatic heterocycles. The lowest BCUT2D eigenvalue weighted by atomic mass is 9.96. The van der Waals surface area contributed by atoms with Gasteiger partial charge in [0, 0.05) is 6.42 Å². The van der Waals surface area contributed by atoms with Gasteiger partial charge in [0.15, 0.2) is 18.9 Å². The molecular formula is C54H95NO18. The van der Waals surface area contributed by atoms with Gasteiger partial charge in [-0.3, -0.25) is 4.79 Å². The lowest BCUT2D eigenvalue weighted by molar-refractivity contribution is -0.379. The van der Waals surface area contributed by atoms with Crippen molar-refractivity contribution in [2.24, 2.45) is 0 Å². The van der Waals surface area contributed by atoms with Crippen LogP contribution in [-0.2, 0) is 33.2 Å². The summed E-state index contributed by atoms with van der Waals surface area (Å²) in [5, 5.41) is 120. The van der Waals surface area contributed by atoms with Gasteiger partial charge in [-0.25, -0.2) is 0 Å². The van der Waals surface area contributed by atoms with Crippen LogP contribution >= 0.6 is 0 Å². The summed E-state index contributed by atoms with van der Waals surface area (Å²) < 4.78 is 34.1. The number of carbonyl (C=O) groups is 1. The molecule has 0 aromatic rings. The van der Waals surface area contributed by atoms with E-state index in [-0.39, 0.29) is 18.9 Å². The number of allylic oxidation sites excluding steroid dienone is 7. The Morgan fingerprint density at radius 3 is 1.40 bits per heavy atom. The van der Waals surface area contributed by atoms with Crippen molar-refractivity contribution in [1.82, 2.24) is 5.32 Å². The number of unbranched alkanes of at least 4 members (excludes halogenated alkanes) is 16. The first-order chi connectivity index (χ1) is 35.3. The van der Waals surface area contributed by atoms with Crippen molar-refractivity contribution in [3.05, 3.63) is 48.6 Å². The van der Waals surface area contributed by atoms with Crippen LogP contribution in [-0.4, -0.2) is 193 Å².